The first-order chi connectivity index (χ1) is 30.8. The maximum Gasteiger partial charge on any atom is 0.143 e. The van der Waals surface area contributed by atoms with Gasteiger partial charge in [0.15, 0.2) is 0 Å². The van der Waals surface area contributed by atoms with Gasteiger partial charge in [0, 0.05) is 33.5 Å². The fraction of sp³-hybridized carbons (Fsp3) is 0. The number of furan rings is 1. The summed E-state index contributed by atoms with van der Waals surface area (Å²) in [4.78, 5) is 2.38. The van der Waals surface area contributed by atoms with Crippen LogP contribution in [0.1, 0.15) is 0 Å². The number of nitrogens with zero attached hydrogens (tertiary/aromatic N) is 1. The molecule has 0 aliphatic heterocycles. The molecule has 0 atom stereocenters. The van der Waals surface area contributed by atoms with Crippen molar-refractivity contribution >= 4 is 38.8 Å². The number of benzene rings is 10. The predicted molar refractivity (Wildman–Crippen MR) is 261 cm³/mol. The van der Waals surface area contributed by atoms with Gasteiger partial charge in [-0.25, -0.2) is 0 Å². The highest BCUT2D eigenvalue weighted by molar-refractivity contribution is 6.04. The standard InChI is InChI=1S/C60H41NO/c1-3-16-42(17-4-1)43-30-32-47(33-31-43)54-24-11-13-28-57(54)61(49-38-34-45(35-39-49)52-27-15-21-44-18-7-8-22-51(44)52)50-40-36-46(37-41-50)53-23-9-10-25-55(53)60-59(48-19-5-2-6-20-48)56-26-12-14-29-58(56)62-60/h1-41H. The van der Waals surface area contributed by atoms with E-state index in [0.29, 0.717) is 0 Å². The van der Waals surface area contributed by atoms with E-state index >= 15 is 0 Å². The van der Waals surface area contributed by atoms with Crippen molar-refractivity contribution in [3.63, 3.8) is 0 Å². The molecule has 10 aromatic carbocycles. The second-order valence-electron chi connectivity index (χ2n) is 15.6. The van der Waals surface area contributed by atoms with Crippen LogP contribution in [0.2, 0.25) is 0 Å². The molecule has 0 aliphatic carbocycles. The SMILES string of the molecule is c1ccc(-c2ccc(-c3ccccc3N(c3ccc(-c4ccccc4-c4oc5ccccc5c4-c4ccccc4)cc3)c3ccc(-c4cccc5ccccc45)cc3)cc2)cc1. The normalized spacial score (nSPS) is 11.2. The molecule has 62 heavy (non-hydrogen) atoms. The van der Waals surface area contributed by atoms with Gasteiger partial charge in [0.25, 0.3) is 0 Å². The minimum absolute atomic E-state index is 0.872. The maximum atomic E-state index is 6.72. The summed E-state index contributed by atoms with van der Waals surface area (Å²) in [7, 11) is 0. The summed E-state index contributed by atoms with van der Waals surface area (Å²) in [5, 5.41) is 3.59. The molecule has 11 aromatic rings. The van der Waals surface area contributed by atoms with Crippen LogP contribution in [0.5, 0.6) is 0 Å². The van der Waals surface area contributed by atoms with E-state index in [1.807, 2.05) is 6.07 Å². The maximum absolute atomic E-state index is 6.72. The van der Waals surface area contributed by atoms with Crippen molar-refractivity contribution in [1.82, 2.24) is 0 Å². The van der Waals surface area contributed by atoms with E-state index in [1.165, 1.54) is 33.0 Å². The number of hydrogen-bond donors (Lipinski definition) is 0. The molecule has 2 heteroatoms. The van der Waals surface area contributed by atoms with Crippen molar-refractivity contribution in [2.75, 3.05) is 4.90 Å². The molecule has 0 bridgehead atoms. The van der Waals surface area contributed by atoms with Crippen LogP contribution in [0.25, 0.3) is 88.7 Å². The van der Waals surface area contributed by atoms with Gasteiger partial charge < -0.3 is 9.32 Å². The first kappa shape index (κ1) is 36.8. The van der Waals surface area contributed by atoms with Crippen LogP contribution in [-0.2, 0) is 0 Å². The van der Waals surface area contributed by atoms with E-state index < -0.39 is 0 Å². The molecule has 0 saturated carbocycles. The van der Waals surface area contributed by atoms with Gasteiger partial charge in [-0.2, -0.15) is 0 Å². The first-order valence-electron chi connectivity index (χ1n) is 21.2. The van der Waals surface area contributed by atoms with Gasteiger partial charge in [-0.05, 0) is 91.7 Å². The molecule has 11 rings (SSSR count). The zero-order valence-electron chi connectivity index (χ0n) is 34.0. The summed E-state index contributed by atoms with van der Waals surface area (Å²) >= 11 is 0. The van der Waals surface area contributed by atoms with E-state index in [2.05, 4.69) is 248 Å². The minimum atomic E-state index is 0.872. The van der Waals surface area contributed by atoms with Crippen LogP contribution in [0.4, 0.5) is 17.1 Å². The summed E-state index contributed by atoms with van der Waals surface area (Å²) in [5.74, 6) is 0.872. The smallest absolute Gasteiger partial charge is 0.143 e. The number of hydrogen-bond acceptors (Lipinski definition) is 2. The molecule has 1 heterocycles. The highest BCUT2D eigenvalue weighted by Gasteiger charge is 2.22. The lowest BCUT2D eigenvalue weighted by molar-refractivity contribution is 0.632. The van der Waals surface area contributed by atoms with Gasteiger partial charge in [0.1, 0.15) is 11.3 Å². The predicted octanol–water partition coefficient (Wildman–Crippen LogP) is 17.1. The quantitative estimate of drug-likeness (QED) is 0.145. The zero-order chi connectivity index (χ0) is 41.2. The molecular formula is C60H41NO. The van der Waals surface area contributed by atoms with Crippen LogP contribution in [0, 0.1) is 0 Å². The monoisotopic (exact) mass is 791 g/mol. The van der Waals surface area contributed by atoms with Crippen molar-refractivity contribution in [1.29, 1.82) is 0 Å². The van der Waals surface area contributed by atoms with Crippen LogP contribution >= 0.6 is 0 Å². The van der Waals surface area contributed by atoms with Crippen molar-refractivity contribution in [3.05, 3.63) is 249 Å². The van der Waals surface area contributed by atoms with E-state index in [-0.39, 0.29) is 0 Å². The average molecular weight is 792 g/mol. The van der Waals surface area contributed by atoms with Crippen molar-refractivity contribution in [3.8, 4) is 67.0 Å². The molecule has 0 radical (unpaired) electrons. The molecule has 0 unspecified atom stereocenters. The highest BCUT2D eigenvalue weighted by atomic mass is 16.3. The third kappa shape index (κ3) is 6.84. The molecule has 292 valence electrons. The Morgan fingerprint density at radius 3 is 1.44 bits per heavy atom. The molecule has 0 spiro atoms. The Bertz CT molecular complexity index is 3310. The van der Waals surface area contributed by atoms with E-state index in [1.54, 1.807) is 0 Å². The largest absolute Gasteiger partial charge is 0.455 e. The van der Waals surface area contributed by atoms with Crippen LogP contribution in [0.15, 0.2) is 253 Å². The van der Waals surface area contributed by atoms with Gasteiger partial charge in [0.2, 0.25) is 0 Å². The number of anilines is 3. The topological polar surface area (TPSA) is 16.4 Å². The van der Waals surface area contributed by atoms with Crippen molar-refractivity contribution in [2.24, 2.45) is 0 Å². The molecular weight excluding hydrogens is 751 g/mol. The van der Waals surface area contributed by atoms with Crippen LogP contribution in [-0.4, -0.2) is 0 Å². The second kappa shape index (κ2) is 16.1. The van der Waals surface area contributed by atoms with Gasteiger partial charge in [-0.15, -0.1) is 0 Å². The van der Waals surface area contributed by atoms with E-state index in [4.69, 9.17) is 4.42 Å². The minimum Gasteiger partial charge on any atom is -0.455 e. The van der Waals surface area contributed by atoms with E-state index in [0.717, 1.165) is 72.7 Å². The Balaban J connectivity index is 1.02. The lowest BCUT2D eigenvalue weighted by Crippen LogP contribution is -2.11. The summed E-state index contributed by atoms with van der Waals surface area (Å²) in [6.45, 7) is 0. The molecule has 0 saturated heterocycles. The lowest BCUT2D eigenvalue weighted by Gasteiger charge is -2.28. The molecule has 2 nitrogen and oxygen atoms in total. The number of fused-ring (bicyclic) bond motifs is 2. The third-order valence-corrected chi connectivity index (χ3v) is 11.9. The van der Waals surface area contributed by atoms with Crippen molar-refractivity contribution in [2.45, 2.75) is 0 Å². The highest BCUT2D eigenvalue weighted by Crippen LogP contribution is 2.46. The summed E-state index contributed by atoms with van der Waals surface area (Å²) < 4.78 is 6.72. The average Bonchev–Trinajstić information content (AvgIpc) is 3.75. The Morgan fingerprint density at radius 2 is 0.726 bits per heavy atom. The van der Waals surface area contributed by atoms with Gasteiger partial charge >= 0.3 is 0 Å². The molecule has 1 aromatic heterocycles. The third-order valence-electron chi connectivity index (χ3n) is 11.9. The summed E-state index contributed by atoms with van der Waals surface area (Å²) in [5.41, 5.74) is 16.7. The van der Waals surface area contributed by atoms with Crippen LogP contribution < -0.4 is 4.90 Å². The molecule has 0 aliphatic rings. The Hall–Kier alpha value is -8.20. The fourth-order valence-electron chi connectivity index (χ4n) is 8.93. The number of rotatable bonds is 9. The van der Waals surface area contributed by atoms with Gasteiger partial charge in [0.05, 0.1) is 5.69 Å². The molecule has 0 fully saturated rings. The zero-order valence-corrected chi connectivity index (χ0v) is 34.0. The Labute approximate surface area is 362 Å². The summed E-state index contributed by atoms with van der Waals surface area (Å²) in [6.07, 6.45) is 0. The summed E-state index contributed by atoms with van der Waals surface area (Å²) in [6, 6.07) is 88.8. The molecule has 0 N–H and O–H groups in total. The lowest BCUT2D eigenvalue weighted by atomic mass is 9.93. The van der Waals surface area contributed by atoms with Gasteiger partial charge in [-0.3, -0.25) is 0 Å². The first-order valence-corrected chi connectivity index (χ1v) is 21.2. The molecule has 0 amide bonds. The number of para-hydroxylation sites is 2. The van der Waals surface area contributed by atoms with Crippen LogP contribution in [0.3, 0.4) is 0 Å². The van der Waals surface area contributed by atoms with Gasteiger partial charge in [-0.1, -0.05) is 212 Å². The van der Waals surface area contributed by atoms with Crippen molar-refractivity contribution < 1.29 is 4.42 Å². The Kier molecular flexibility index (Phi) is 9.57. The fourth-order valence-corrected chi connectivity index (χ4v) is 8.93. The van der Waals surface area contributed by atoms with E-state index in [9.17, 15) is 0 Å². The Morgan fingerprint density at radius 1 is 0.274 bits per heavy atom. The second-order valence-corrected chi connectivity index (χ2v) is 15.6.